The predicted octanol–water partition coefficient (Wildman–Crippen LogP) is 2.44. The summed E-state index contributed by atoms with van der Waals surface area (Å²) in [4.78, 5) is 0. The summed E-state index contributed by atoms with van der Waals surface area (Å²) in [5.74, 6) is 0. The van der Waals surface area contributed by atoms with Crippen LogP contribution in [0.5, 0.6) is 0 Å². The normalized spacial score (nSPS) is 12.5. The van der Waals surface area contributed by atoms with E-state index in [-0.39, 0.29) is 4.34 Å². The molecule has 2 rings (SSSR count). The number of aromatic nitrogens is 2. The molecule has 0 aliphatic rings. The molecule has 10 heteroatoms. The summed E-state index contributed by atoms with van der Waals surface area (Å²) in [6.07, 6.45) is -5.66. The molecule has 0 amide bonds. The molecule has 0 unspecified atom stereocenters. The first kappa shape index (κ1) is 15.9. The molecule has 0 bridgehead atoms. The molecule has 0 aliphatic heterocycles. The zero-order chi connectivity index (χ0) is 15.5. The van der Waals surface area contributed by atoms with Gasteiger partial charge in [0.1, 0.15) is 5.01 Å². The van der Waals surface area contributed by atoms with Gasteiger partial charge in [-0.15, -0.1) is 10.2 Å². The number of hydrogen-bond donors (Lipinski definition) is 1. The van der Waals surface area contributed by atoms with Gasteiger partial charge in [-0.1, -0.05) is 41.7 Å². The van der Waals surface area contributed by atoms with Gasteiger partial charge in [-0.25, -0.2) is 13.1 Å². The molecule has 0 fully saturated rings. The third-order valence-corrected chi connectivity index (χ3v) is 5.16. The SMILES string of the molecule is O=S(=O)(NCCC(F)(F)F)c1nnc(-c2ccccc2)s1. The maximum atomic E-state index is 12.0. The number of benzene rings is 1. The molecular formula is C11H10F3N3O2S2. The molecule has 0 atom stereocenters. The first-order valence-corrected chi connectivity index (χ1v) is 8.03. The van der Waals surface area contributed by atoms with Crippen molar-refractivity contribution < 1.29 is 21.6 Å². The minimum Gasteiger partial charge on any atom is -0.209 e. The zero-order valence-electron chi connectivity index (χ0n) is 10.5. The van der Waals surface area contributed by atoms with Crippen molar-refractivity contribution in [3.05, 3.63) is 30.3 Å². The summed E-state index contributed by atoms with van der Waals surface area (Å²) in [5.41, 5.74) is 0.687. The smallest absolute Gasteiger partial charge is 0.209 e. The zero-order valence-corrected chi connectivity index (χ0v) is 12.1. The van der Waals surface area contributed by atoms with Gasteiger partial charge in [0, 0.05) is 12.1 Å². The van der Waals surface area contributed by atoms with E-state index >= 15 is 0 Å². The molecule has 114 valence electrons. The second kappa shape index (κ2) is 6.08. The van der Waals surface area contributed by atoms with E-state index in [1.54, 1.807) is 30.3 Å². The number of hydrogen-bond acceptors (Lipinski definition) is 5. The molecule has 1 N–H and O–H groups in total. The lowest BCUT2D eigenvalue weighted by atomic mass is 10.2. The Kier molecular flexibility index (Phi) is 4.59. The molecule has 0 spiro atoms. The monoisotopic (exact) mass is 337 g/mol. The number of rotatable bonds is 5. The quantitative estimate of drug-likeness (QED) is 0.910. The van der Waals surface area contributed by atoms with Gasteiger partial charge >= 0.3 is 6.18 Å². The van der Waals surface area contributed by atoms with Crippen molar-refractivity contribution in [1.82, 2.24) is 14.9 Å². The Bertz CT molecular complexity index is 699. The number of alkyl halides is 3. The average molecular weight is 337 g/mol. The van der Waals surface area contributed by atoms with Crippen LogP contribution in [-0.4, -0.2) is 31.3 Å². The molecule has 1 heterocycles. The lowest BCUT2D eigenvalue weighted by Crippen LogP contribution is -2.28. The highest BCUT2D eigenvalue weighted by Crippen LogP contribution is 2.25. The van der Waals surface area contributed by atoms with E-state index in [0.717, 1.165) is 11.3 Å². The summed E-state index contributed by atoms with van der Waals surface area (Å²) in [5, 5.41) is 7.63. The maximum absolute atomic E-state index is 12.0. The number of nitrogens with zero attached hydrogens (tertiary/aromatic N) is 2. The second-order valence-corrected chi connectivity index (χ2v) is 6.92. The fraction of sp³-hybridized carbons (Fsp3) is 0.273. The van der Waals surface area contributed by atoms with E-state index in [9.17, 15) is 21.6 Å². The van der Waals surface area contributed by atoms with Crippen molar-refractivity contribution in [2.45, 2.75) is 16.9 Å². The van der Waals surface area contributed by atoms with Gasteiger partial charge in [-0.2, -0.15) is 13.2 Å². The fourth-order valence-electron chi connectivity index (χ4n) is 1.40. The standard InChI is InChI=1S/C11H10F3N3O2S2/c12-11(13,14)6-7-15-21(18,19)10-17-16-9(20-10)8-4-2-1-3-5-8/h1-5,15H,6-7H2. The molecule has 21 heavy (non-hydrogen) atoms. The molecule has 0 saturated heterocycles. The minimum atomic E-state index is -4.42. The summed E-state index contributed by atoms with van der Waals surface area (Å²) in [7, 11) is -4.07. The Morgan fingerprint density at radius 3 is 2.43 bits per heavy atom. The van der Waals surface area contributed by atoms with Crippen LogP contribution in [0, 0.1) is 0 Å². The molecule has 5 nitrogen and oxygen atoms in total. The highest BCUT2D eigenvalue weighted by molar-refractivity contribution is 7.91. The third kappa shape index (κ3) is 4.48. The maximum Gasteiger partial charge on any atom is 0.390 e. The lowest BCUT2D eigenvalue weighted by molar-refractivity contribution is -0.132. The van der Waals surface area contributed by atoms with Crippen LogP contribution in [-0.2, 0) is 10.0 Å². The Labute approximate surface area is 122 Å². The van der Waals surface area contributed by atoms with Crippen LogP contribution in [0.2, 0.25) is 0 Å². The highest BCUT2D eigenvalue weighted by atomic mass is 32.2. The summed E-state index contributed by atoms with van der Waals surface area (Å²) in [6.45, 7) is -0.730. The van der Waals surface area contributed by atoms with Gasteiger partial charge in [0.05, 0.1) is 6.42 Å². The molecule has 0 radical (unpaired) electrons. The van der Waals surface area contributed by atoms with E-state index in [0.29, 0.717) is 10.6 Å². The van der Waals surface area contributed by atoms with Crippen molar-refractivity contribution in [3.8, 4) is 10.6 Å². The first-order valence-electron chi connectivity index (χ1n) is 5.73. The number of sulfonamides is 1. The van der Waals surface area contributed by atoms with Gasteiger partial charge in [-0.05, 0) is 0 Å². The van der Waals surface area contributed by atoms with Crippen molar-refractivity contribution in [3.63, 3.8) is 0 Å². The van der Waals surface area contributed by atoms with E-state index in [1.807, 2.05) is 4.72 Å². The van der Waals surface area contributed by atoms with Gasteiger partial charge in [-0.3, -0.25) is 0 Å². The average Bonchev–Trinajstić information content (AvgIpc) is 2.88. The van der Waals surface area contributed by atoms with Crippen molar-refractivity contribution in [2.24, 2.45) is 0 Å². The van der Waals surface area contributed by atoms with Crippen molar-refractivity contribution >= 4 is 21.4 Å². The number of nitrogens with one attached hydrogen (secondary N) is 1. The van der Waals surface area contributed by atoms with Gasteiger partial charge in [0.2, 0.25) is 4.34 Å². The predicted molar refractivity (Wildman–Crippen MR) is 71.2 cm³/mol. The summed E-state index contributed by atoms with van der Waals surface area (Å²) >= 11 is 0.797. The fourth-order valence-corrected chi connectivity index (χ4v) is 3.48. The Morgan fingerprint density at radius 1 is 1.14 bits per heavy atom. The van der Waals surface area contributed by atoms with E-state index in [1.165, 1.54) is 0 Å². The molecule has 1 aromatic carbocycles. The molecule has 0 saturated carbocycles. The largest absolute Gasteiger partial charge is 0.390 e. The van der Waals surface area contributed by atoms with Gasteiger partial charge in [0.15, 0.2) is 0 Å². The van der Waals surface area contributed by atoms with Crippen LogP contribution in [0.3, 0.4) is 0 Å². The number of halogens is 3. The van der Waals surface area contributed by atoms with Gasteiger partial charge < -0.3 is 0 Å². The van der Waals surface area contributed by atoms with Gasteiger partial charge in [0.25, 0.3) is 10.0 Å². The molecule has 0 aliphatic carbocycles. The molecule has 1 aromatic heterocycles. The first-order chi connectivity index (χ1) is 9.78. The summed E-state index contributed by atoms with van der Waals surface area (Å²) in [6, 6.07) is 8.77. The molecule has 2 aromatic rings. The minimum absolute atomic E-state index is 0.358. The van der Waals surface area contributed by atoms with Crippen LogP contribution >= 0.6 is 11.3 Å². The third-order valence-electron chi connectivity index (χ3n) is 2.36. The van der Waals surface area contributed by atoms with E-state index < -0.39 is 29.2 Å². The van der Waals surface area contributed by atoms with Crippen molar-refractivity contribution in [1.29, 1.82) is 0 Å². The van der Waals surface area contributed by atoms with Crippen LogP contribution in [0.4, 0.5) is 13.2 Å². The van der Waals surface area contributed by atoms with Crippen LogP contribution in [0.15, 0.2) is 34.7 Å². The van der Waals surface area contributed by atoms with Crippen LogP contribution in [0.25, 0.3) is 10.6 Å². The van der Waals surface area contributed by atoms with Crippen LogP contribution < -0.4 is 4.72 Å². The van der Waals surface area contributed by atoms with Crippen LogP contribution in [0.1, 0.15) is 6.42 Å². The van der Waals surface area contributed by atoms with Crippen molar-refractivity contribution in [2.75, 3.05) is 6.54 Å². The second-order valence-electron chi connectivity index (χ2n) is 4.00. The topological polar surface area (TPSA) is 72.0 Å². The summed E-state index contributed by atoms with van der Waals surface area (Å²) < 4.78 is 61.1. The Morgan fingerprint density at radius 2 is 1.81 bits per heavy atom. The van der Waals surface area contributed by atoms with E-state index in [4.69, 9.17) is 0 Å². The highest BCUT2D eigenvalue weighted by Gasteiger charge is 2.28. The molecular weight excluding hydrogens is 327 g/mol. The van der Waals surface area contributed by atoms with E-state index in [2.05, 4.69) is 10.2 Å². The Balaban J connectivity index is 2.10. The lowest BCUT2D eigenvalue weighted by Gasteiger charge is -2.06. The Hall–Kier alpha value is -1.52.